The summed E-state index contributed by atoms with van der Waals surface area (Å²) in [5.41, 5.74) is -1.03. The Hall–Kier alpha value is -1.63. The van der Waals surface area contributed by atoms with E-state index in [4.69, 9.17) is 0 Å². The summed E-state index contributed by atoms with van der Waals surface area (Å²) in [6.45, 7) is 2.52. The van der Waals surface area contributed by atoms with Crippen molar-refractivity contribution in [3.8, 4) is 0 Å². The predicted octanol–water partition coefficient (Wildman–Crippen LogP) is 2.46. The summed E-state index contributed by atoms with van der Waals surface area (Å²) in [6.07, 6.45) is -3.92. The van der Waals surface area contributed by atoms with Crippen molar-refractivity contribution < 1.29 is 22.4 Å². The van der Waals surface area contributed by atoms with Crippen molar-refractivity contribution in [3.05, 3.63) is 35.1 Å². The van der Waals surface area contributed by atoms with Crippen molar-refractivity contribution in [2.75, 3.05) is 13.1 Å². The number of amides is 1. The van der Waals surface area contributed by atoms with Crippen LogP contribution >= 0.6 is 0 Å². The molecule has 0 aromatic heterocycles. The lowest BCUT2D eigenvalue weighted by atomic mass is 10.1. The third kappa shape index (κ3) is 5.16. The molecule has 0 atom stereocenters. The Labute approximate surface area is 114 Å². The fourth-order valence-electron chi connectivity index (χ4n) is 1.55. The van der Waals surface area contributed by atoms with Crippen LogP contribution in [0.25, 0.3) is 0 Å². The van der Waals surface area contributed by atoms with Crippen molar-refractivity contribution >= 4 is 5.91 Å². The van der Waals surface area contributed by atoms with Gasteiger partial charge in [0, 0.05) is 13.1 Å². The Morgan fingerprint density at radius 2 is 2.00 bits per heavy atom. The van der Waals surface area contributed by atoms with Gasteiger partial charge in [0.15, 0.2) is 0 Å². The summed E-state index contributed by atoms with van der Waals surface area (Å²) in [6, 6.07) is 2.77. The Morgan fingerprint density at radius 3 is 2.60 bits per heavy atom. The number of carbonyl (C=O) groups excluding carboxylic acids is 1. The lowest BCUT2D eigenvalue weighted by molar-refractivity contribution is -0.140. The molecule has 1 rings (SSSR count). The number of rotatable bonds is 6. The fraction of sp³-hybridized carbons (Fsp3) is 0.462. The molecule has 0 bridgehead atoms. The second-order valence-corrected chi connectivity index (χ2v) is 4.27. The van der Waals surface area contributed by atoms with E-state index >= 15 is 0 Å². The Bertz CT molecular complexity index is 460. The van der Waals surface area contributed by atoms with Gasteiger partial charge < -0.3 is 10.6 Å². The van der Waals surface area contributed by atoms with Crippen LogP contribution in [0.1, 0.15) is 24.5 Å². The highest BCUT2D eigenvalue weighted by molar-refractivity contribution is 5.77. The molecule has 0 spiro atoms. The van der Waals surface area contributed by atoms with Crippen LogP contribution in [0.4, 0.5) is 17.6 Å². The molecule has 0 fully saturated rings. The molecular formula is C13H16F4N2O. The number of hydrogen-bond acceptors (Lipinski definition) is 2. The number of benzene rings is 1. The van der Waals surface area contributed by atoms with Gasteiger partial charge in [-0.3, -0.25) is 4.79 Å². The van der Waals surface area contributed by atoms with E-state index in [0.717, 1.165) is 18.6 Å². The maximum Gasteiger partial charge on any atom is 0.419 e. The average molecular weight is 292 g/mol. The van der Waals surface area contributed by atoms with Crippen LogP contribution in [0, 0.1) is 5.82 Å². The fourth-order valence-corrected chi connectivity index (χ4v) is 1.55. The molecule has 0 heterocycles. The number of carbonyl (C=O) groups is 1. The quantitative estimate of drug-likeness (QED) is 0.791. The first-order valence-electron chi connectivity index (χ1n) is 6.17. The first-order chi connectivity index (χ1) is 9.34. The monoisotopic (exact) mass is 292 g/mol. The summed E-state index contributed by atoms with van der Waals surface area (Å²) in [5, 5.41) is 5.33. The first-order valence-corrected chi connectivity index (χ1v) is 6.17. The molecule has 3 nitrogen and oxygen atoms in total. The largest absolute Gasteiger partial charge is 0.419 e. The molecule has 112 valence electrons. The van der Waals surface area contributed by atoms with Gasteiger partial charge in [0.05, 0.1) is 12.1 Å². The van der Waals surface area contributed by atoms with Crippen LogP contribution in [0.2, 0.25) is 0 Å². The molecule has 0 radical (unpaired) electrons. The second kappa shape index (κ2) is 7.23. The van der Waals surface area contributed by atoms with Gasteiger partial charge in [-0.25, -0.2) is 4.39 Å². The number of nitrogens with one attached hydrogen (secondary N) is 2. The van der Waals surface area contributed by atoms with Crippen LogP contribution in [0.5, 0.6) is 0 Å². The molecule has 0 aliphatic heterocycles. The van der Waals surface area contributed by atoms with E-state index in [9.17, 15) is 22.4 Å². The van der Waals surface area contributed by atoms with Crippen molar-refractivity contribution in [2.24, 2.45) is 0 Å². The molecule has 1 aromatic carbocycles. The lowest BCUT2D eigenvalue weighted by Gasteiger charge is -2.10. The minimum absolute atomic E-state index is 0.00126. The highest BCUT2D eigenvalue weighted by atomic mass is 19.4. The summed E-state index contributed by atoms with van der Waals surface area (Å²) in [4.78, 5) is 11.3. The zero-order valence-corrected chi connectivity index (χ0v) is 11.0. The number of hydrogen-bond donors (Lipinski definition) is 2. The van der Waals surface area contributed by atoms with Crippen molar-refractivity contribution in [2.45, 2.75) is 26.1 Å². The molecule has 0 saturated carbocycles. The summed E-state index contributed by atoms with van der Waals surface area (Å²) in [7, 11) is 0. The summed E-state index contributed by atoms with van der Waals surface area (Å²) < 4.78 is 50.5. The smallest absolute Gasteiger partial charge is 0.355 e. The molecule has 0 aliphatic rings. The van der Waals surface area contributed by atoms with E-state index in [1.165, 1.54) is 6.07 Å². The van der Waals surface area contributed by atoms with Gasteiger partial charge in [-0.05, 0) is 24.1 Å². The molecule has 1 aromatic rings. The Kier molecular flexibility index (Phi) is 5.94. The predicted molar refractivity (Wildman–Crippen MR) is 66.4 cm³/mol. The van der Waals surface area contributed by atoms with E-state index in [0.29, 0.717) is 6.54 Å². The molecule has 1 amide bonds. The van der Waals surface area contributed by atoms with Gasteiger partial charge in [0.25, 0.3) is 0 Å². The maximum atomic E-state index is 13.1. The zero-order chi connectivity index (χ0) is 15.2. The van der Waals surface area contributed by atoms with E-state index in [2.05, 4.69) is 10.6 Å². The third-order valence-corrected chi connectivity index (χ3v) is 2.52. The van der Waals surface area contributed by atoms with Crippen molar-refractivity contribution in [3.63, 3.8) is 0 Å². The number of halogens is 4. The first kappa shape index (κ1) is 16.4. The van der Waals surface area contributed by atoms with Crippen molar-refractivity contribution in [1.29, 1.82) is 0 Å². The number of alkyl halides is 3. The van der Waals surface area contributed by atoms with Crippen LogP contribution in [0.15, 0.2) is 18.2 Å². The minimum atomic E-state index is -4.72. The van der Waals surface area contributed by atoms with Gasteiger partial charge in [-0.15, -0.1) is 0 Å². The standard InChI is InChI=1S/C13H16F4N2O/c1-2-5-19-12(20)8-18-7-9-3-4-11(14)10(6-9)13(15,16)17/h3-4,6,18H,2,5,7-8H2,1H3,(H,19,20). The SMILES string of the molecule is CCCNC(=O)CNCc1ccc(F)c(C(F)(F)F)c1. The van der Waals surface area contributed by atoms with Crippen molar-refractivity contribution in [1.82, 2.24) is 10.6 Å². The van der Waals surface area contributed by atoms with Crippen LogP contribution in [-0.2, 0) is 17.5 Å². The molecule has 0 saturated heterocycles. The minimum Gasteiger partial charge on any atom is -0.355 e. The normalized spacial score (nSPS) is 11.4. The average Bonchev–Trinajstić information content (AvgIpc) is 2.37. The van der Waals surface area contributed by atoms with Gasteiger partial charge in [-0.1, -0.05) is 13.0 Å². The third-order valence-electron chi connectivity index (χ3n) is 2.52. The molecule has 0 unspecified atom stereocenters. The van der Waals surface area contributed by atoms with Crippen LogP contribution in [-0.4, -0.2) is 19.0 Å². The van der Waals surface area contributed by atoms with E-state index in [1.807, 2.05) is 6.92 Å². The second-order valence-electron chi connectivity index (χ2n) is 4.27. The summed E-state index contributed by atoms with van der Waals surface area (Å²) >= 11 is 0. The molecule has 20 heavy (non-hydrogen) atoms. The van der Waals surface area contributed by atoms with E-state index in [-0.39, 0.29) is 24.6 Å². The zero-order valence-electron chi connectivity index (χ0n) is 11.0. The Balaban J connectivity index is 2.55. The Morgan fingerprint density at radius 1 is 1.30 bits per heavy atom. The van der Waals surface area contributed by atoms with Gasteiger partial charge in [-0.2, -0.15) is 13.2 Å². The van der Waals surface area contributed by atoms with Gasteiger partial charge >= 0.3 is 6.18 Å². The highest BCUT2D eigenvalue weighted by Gasteiger charge is 2.34. The molecule has 2 N–H and O–H groups in total. The maximum absolute atomic E-state index is 13.1. The van der Waals surface area contributed by atoms with Crippen LogP contribution < -0.4 is 10.6 Å². The topological polar surface area (TPSA) is 41.1 Å². The lowest BCUT2D eigenvalue weighted by Crippen LogP contribution is -2.34. The molecular weight excluding hydrogens is 276 g/mol. The van der Waals surface area contributed by atoms with E-state index in [1.54, 1.807) is 0 Å². The van der Waals surface area contributed by atoms with Crippen LogP contribution in [0.3, 0.4) is 0 Å². The van der Waals surface area contributed by atoms with Gasteiger partial charge in [0.2, 0.25) is 5.91 Å². The molecule has 0 aliphatic carbocycles. The van der Waals surface area contributed by atoms with Gasteiger partial charge in [0.1, 0.15) is 5.82 Å². The van der Waals surface area contributed by atoms with E-state index < -0.39 is 17.6 Å². The molecule has 7 heteroatoms. The summed E-state index contributed by atoms with van der Waals surface area (Å²) in [5.74, 6) is -1.54. The highest BCUT2D eigenvalue weighted by Crippen LogP contribution is 2.31.